The molecule has 2 atom stereocenters. The van der Waals surface area contributed by atoms with Crippen molar-refractivity contribution in [3.63, 3.8) is 0 Å². The summed E-state index contributed by atoms with van der Waals surface area (Å²) in [5, 5.41) is 14.6. The van der Waals surface area contributed by atoms with Crippen LogP contribution in [0.3, 0.4) is 0 Å². The molecule has 2 unspecified atom stereocenters. The second-order valence-corrected chi connectivity index (χ2v) is 4.84. The van der Waals surface area contributed by atoms with Crippen molar-refractivity contribution in [3.8, 4) is 0 Å². The number of hydrogen-bond acceptors (Lipinski definition) is 3. The third-order valence-corrected chi connectivity index (χ3v) is 3.36. The van der Waals surface area contributed by atoms with Crippen LogP contribution in [0.25, 0.3) is 0 Å². The molecule has 0 bridgehead atoms. The first kappa shape index (κ1) is 13.7. The van der Waals surface area contributed by atoms with E-state index in [1.807, 2.05) is 18.2 Å². The fourth-order valence-electron chi connectivity index (χ4n) is 2.26. The van der Waals surface area contributed by atoms with Gasteiger partial charge in [0, 0.05) is 0 Å². The van der Waals surface area contributed by atoms with Gasteiger partial charge in [0.25, 0.3) is 0 Å². The molecule has 4 nitrogen and oxygen atoms in total. The second kappa shape index (κ2) is 7.04. The zero-order valence-corrected chi connectivity index (χ0v) is 11.3. The van der Waals surface area contributed by atoms with Crippen LogP contribution in [0.15, 0.2) is 43.0 Å². The van der Waals surface area contributed by atoms with Gasteiger partial charge in [-0.05, 0) is 18.4 Å². The highest BCUT2D eigenvalue weighted by Crippen LogP contribution is 2.20. The molecule has 4 heteroatoms. The smallest absolute Gasteiger partial charge is 0.137 e. The Balaban J connectivity index is 2.10. The van der Waals surface area contributed by atoms with Crippen molar-refractivity contribution in [2.45, 2.75) is 44.8 Å². The van der Waals surface area contributed by atoms with Crippen molar-refractivity contribution in [1.29, 1.82) is 0 Å². The van der Waals surface area contributed by atoms with E-state index in [0.29, 0.717) is 0 Å². The minimum absolute atomic E-state index is 0.0450. The molecule has 1 aromatic heterocycles. The highest BCUT2D eigenvalue weighted by Gasteiger charge is 2.21. The predicted molar refractivity (Wildman–Crippen MR) is 74.7 cm³/mol. The van der Waals surface area contributed by atoms with Crippen LogP contribution in [0.5, 0.6) is 0 Å². The average Bonchev–Trinajstić information content (AvgIpc) is 2.97. The summed E-state index contributed by atoms with van der Waals surface area (Å²) in [6, 6.07) is 10.2. The van der Waals surface area contributed by atoms with Gasteiger partial charge in [-0.15, -0.1) is 0 Å². The van der Waals surface area contributed by atoms with Crippen LogP contribution in [-0.2, 0) is 6.42 Å². The maximum absolute atomic E-state index is 10.4. The summed E-state index contributed by atoms with van der Waals surface area (Å²) in [5.74, 6) is 0. The van der Waals surface area contributed by atoms with Gasteiger partial charge in [-0.1, -0.05) is 50.1 Å². The molecule has 1 N–H and O–H groups in total. The molecule has 0 spiro atoms. The van der Waals surface area contributed by atoms with Crippen LogP contribution in [0, 0.1) is 0 Å². The average molecular weight is 259 g/mol. The van der Waals surface area contributed by atoms with Crippen molar-refractivity contribution in [1.82, 2.24) is 14.8 Å². The first-order valence-electron chi connectivity index (χ1n) is 6.87. The Morgan fingerprint density at radius 1 is 1.26 bits per heavy atom. The molecular weight excluding hydrogens is 238 g/mol. The molecule has 2 rings (SSSR count). The maximum atomic E-state index is 10.4. The van der Waals surface area contributed by atoms with Crippen molar-refractivity contribution >= 4 is 0 Å². The topological polar surface area (TPSA) is 50.9 Å². The summed E-state index contributed by atoms with van der Waals surface area (Å²) >= 11 is 0. The van der Waals surface area contributed by atoms with Gasteiger partial charge in [0.05, 0.1) is 12.1 Å². The summed E-state index contributed by atoms with van der Waals surface area (Å²) in [6.07, 6.45) is 6.51. The number of aromatic nitrogens is 3. The van der Waals surface area contributed by atoms with Crippen molar-refractivity contribution in [2.75, 3.05) is 0 Å². The largest absolute Gasteiger partial charge is 0.391 e. The molecule has 19 heavy (non-hydrogen) atoms. The molecule has 0 saturated heterocycles. The number of hydrogen-bond donors (Lipinski definition) is 1. The molecule has 0 saturated carbocycles. The zero-order valence-electron chi connectivity index (χ0n) is 11.3. The number of nitrogens with zero attached hydrogens (tertiary/aromatic N) is 3. The summed E-state index contributed by atoms with van der Waals surface area (Å²) in [6.45, 7) is 2.13. The monoisotopic (exact) mass is 259 g/mol. The number of aliphatic hydroxyl groups excluding tert-OH is 1. The Labute approximate surface area is 114 Å². The third-order valence-electron chi connectivity index (χ3n) is 3.36. The number of rotatable bonds is 7. The molecule has 0 fully saturated rings. The van der Waals surface area contributed by atoms with Crippen LogP contribution in [-0.4, -0.2) is 26.0 Å². The molecule has 0 amide bonds. The SMILES string of the molecule is CCCCC(O)C(Cc1ccccc1)n1cncn1. The van der Waals surface area contributed by atoms with E-state index >= 15 is 0 Å². The normalized spacial score (nSPS) is 14.2. The van der Waals surface area contributed by atoms with E-state index in [1.165, 1.54) is 11.9 Å². The van der Waals surface area contributed by atoms with Crippen molar-refractivity contribution < 1.29 is 5.11 Å². The van der Waals surface area contributed by atoms with Gasteiger partial charge in [-0.25, -0.2) is 9.67 Å². The van der Waals surface area contributed by atoms with E-state index in [2.05, 4.69) is 29.1 Å². The van der Waals surface area contributed by atoms with Gasteiger partial charge in [-0.3, -0.25) is 0 Å². The highest BCUT2D eigenvalue weighted by molar-refractivity contribution is 5.15. The lowest BCUT2D eigenvalue weighted by Gasteiger charge is -2.23. The first-order valence-corrected chi connectivity index (χ1v) is 6.87. The van der Waals surface area contributed by atoms with E-state index < -0.39 is 0 Å². The Bertz CT molecular complexity index is 456. The lowest BCUT2D eigenvalue weighted by Crippen LogP contribution is -2.26. The Morgan fingerprint density at radius 2 is 2.05 bits per heavy atom. The number of unbranched alkanes of at least 4 members (excludes halogenated alkanes) is 1. The Hall–Kier alpha value is -1.68. The molecule has 102 valence electrons. The van der Waals surface area contributed by atoms with Gasteiger partial charge in [0.2, 0.25) is 0 Å². The van der Waals surface area contributed by atoms with E-state index in [9.17, 15) is 5.11 Å². The molecule has 1 heterocycles. The molecular formula is C15H21N3O. The maximum Gasteiger partial charge on any atom is 0.137 e. The van der Waals surface area contributed by atoms with Crippen LogP contribution in [0.4, 0.5) is 0 Å². The lowest BCUT2D eigenvalue weighted by atomic mass is 9.98. The van der Waals surface area contributed by atoms with Crippen molar-refractivity contribution in [2.24, 2.45) is 0 Å². The van der Waals surface area contributed by atoms with Gasteiger partial charge < -0.3 is 5.11 Å². The van der Waals surface area contributed by atoms with Crippen LogP contribution >= 0.6 is 0 Å². The zero-order chi connectivity index (χ0) is 13.5. The standard InChI is InChI=1S/C15H21N3O/c1-2-3-9-15(19)14(18-12-16-11-17-18)10-13-7-5-4-6-8-13/h4-8,11-12,14-15,19H,2-3,9-10H2,1H3. The van der Waals surface area contributed by atoms with Crippen LogP contribution in [0.2, 0.25) is 0 Å². The molecule has 0 aliphatic heterocycles. The molecule has 2 aromatic rings. The summed E-state index contributed by atoms with van der Waals surface area (Å²) in [4.78, 5) is 3.99. The van der Waals surface area contributed by atoms with Crippen LogP contribution < -0.4 is 0 Å². The Kier molecular flexibility index (Phi) is 5.10. The van der Waals surface area contributed by atoms with Gasteiger partial charge in [-0.2, -0.15) is 5.10 Å². The third kappa shape index (κ3) is 3.89. The fraction of sp³-hybridized carbons (Fsp3) is 0.467. The van der Waals surface area contributed by atoms with E-state index in [-0.39, 0.29) is 12.1 Å². The number of benzene rings is 1. The first-order chi connectivity index (χ1) is 9.31. The highest BCUT2D eigenvalue weighted by atomic mass is 16.3. The van der Waals surface area contributed by atoms with E-state index in [4.69, 9.17) is 0 Å². The van der Waals surface area contributed by atoms with Gasteiger partial charge in [0.1, 0.15) is 12.7 Å². The minimum atomic E-state index is -0.387. The lowest BCUT2D eigenvalue weighted by molar-refractivity contribution is 0.0945. The van der Waals surface area contributed by atoms with Crippen LogP contribution in [0.1, 0.15) is 37.8 Å². The molecule has 0 radical (unpaired) electrons. The van der Waals surface area contributed by atoms with E-state index in [0.717, 1.165) is 25.7 Å². The van der Waals surface area contributed by atoms with Gasteiger partial charge >= 0.3 is 0 Å². The number of aliphatic hydroxyl groups is 1. The Morgan fingerprint density at radius 3 is 2.68 bits per heavy atom. The summed E-state index contributed by atoms with van der Waals surface area (Å²) in [5.41, 5.74) is 1.21. The minimum Gasteiger partial charge on any atom is -0.391 e. The summed E-state index contributed by atoms with van der Waals surface area (Å²) in [7, 11) is 0. The van der Waals surface area contributed by atoms with E-state index in [1.54, 1.807) is 11.0 Å². The molecule has 0 aliphatic carbocycles. The van der Waals surface area contributed by atoms with Crippen molar-refractivity contribution in [3.05, 3.63) is 48.5 Å². The second-order valence-electron chi connectivity index (χ2n) is 4.84. The molecule has 0 aliphatic rings. The molecule has 1 aromatic carbocycles. The quantitative estimate of drug-likeness (QED) is 0.831. The summed E-state index contributed by atoms with van der Waals surface area (Å²) < 4.78 is 1.77. The van der Waals surface area contributed by atoms with Gasteiger partial charge in [0.15, 0.2) is 0 Å². The fourth-order valence-corrected chi connectivity index (χ4v) is 2.26. The predicted octanol–water partition coefficient (Wildman–Crippen LogP) is 2.61.